The number of hydrogen-bond donors (Lipinski definition) is 1. The molecule has 1 aliphatic heterocycles. The summed E-state index contributed by atoms with van der Waals surface area (Å²) in [7, 11) is 1.66. The van der Waals surface area contributed by atoms with Gasteiger partial charge in [0.15, 0.2) is 0 Å². The van der Waals surface area contributed by atoms with Gasteiger partial charge in [0.1, 0.15) is 0 Å². The number of ether oxygens (including phenoxy) is 1. The van der Waals surface area contributed by atoms with Gasteiger partial charge in [0.2, 0.25) is 11.8 Å². The lowest BCUT2D eigenvalue weighted by Gasteiger charge is -2.23. The summed E-state index contributed by atoms with van der Waals surface area (Å²) < 4.78 is 5.47. The summed E-state index contributed by atoms with van der Waals surface area (Å²) in [5, 5.41) is 3.10. The smallest absolute Gasteiger partial charge is 0.242 e. The molecule has 6 heteroatoms. The number of nitrogens with one attached hydrogen (secondary N) is 1. The highest BCUT2D eigenvalue weighted by Crippen LogP contribution is 2.10. The van der Waals surface area contributed by atoms with Crippen LogP contribution in [0.2, 0.25) is 0 Å². The van der Waals surface area contributed by atoms with E-state index in [1.54, 1.807) is 11.9 Å². The number of carbonyl (C=O) groups excluding carboxylic acids is 2. The van der Waals surface area contributed by atoms with Crippen LogP contribution in [0.3, 0.4) is 0 Å². The number of rotatable bonds is 8. The van der Waals surface area contributed by atoms with Crippen molar-refractivity contribution in [2.75, 3.05) is 46.4 Å². The standard InChI is InChI=1S/C14H27N3O3/c1-4-17(5-2)14(19)11-16(3)13(18)10-15-9-12-7-6-8-20-12/h12,15H,4-11H2,1-3H3. The van der Waals surface area contributed by atoms with Gasteiger partial charge in [-0.1, -0.05) is 0 Å². The van der Waals surface area contributed by atoms with Gasteiger partial charge in [0.25, 0.3) is 0 Å². The Bertz CT molecular complexity index is 313. The number of likely N-dealkylation sites (N-methyl/N-ethyl adjacent to an activating group) is 2. The molecule has 1 atom stereocenters. The predicted molar refractivity (Wildman–Crippen MR) is 77.4 cm³/mol. The zero-order chi connectivity index (χ0) is 15.0. The van der Waals surface area contributed by atoms with E-state index in [2.05, 4.69) is 5.32 Å². The lowest BCUT2D eigenvalue weighted by Crippen LogP contribution is -2.44. The maximum atomic E-state index is 11.9. The molecule has 1 saturated heterocycles. The van der Waals surface area contributed by atoms with Gasteiger partial charge >= 0.3 is 0 Å². The third-order valence-corrected chi connectivity index (χ3v) is 3.59. The summed E-state index contributed by atoms with van der Waals surface area (Å²) >= 11 is 0. The van der Waals surface area contributed by atoms with Gasteiger partial charge in [-0.3, -0.25) is 9.59 Å². The Labute approximate surface area is 121 Å². The average Bonchev–Trinajstić information content (AvgIpc) is 2.93. The highest BCUT2D eigenvalue weighted by atomic mass is 16.5. The summed E-state index contributed by atoms with van der Waals surface area (Å²) in [6.07, 6.45) is 2.38. The zero-order valence-electron chi connectivity index (χ0n) is 12.9. The minimum absolute atomic E-state index is 0.00928. The van der Waals surface area contributed by atoms with Gasteiger partial charge in [-0.15, -0.1) is 0 Å². The molecule has 1 unspecified atom stereocenters. The molecule has 0 aromatic heterocycles. The Hall–Kier alpha value is -1.14. The molecular weight excluding hydrogens is 258 g/mol. The molecule has 2 amide bonds. The van der Waals surface area contributed by atoms with Crippen LogP contribution in [0.4, 0.5) is 0 Å². The topological polar surface area (TPSA) is 61.9 Å². The SMILES string of the molecule is CCN(CC)C(=O)CN(C)C(=O)CNCC1CCCO1. The molecule has 0 bridgehead atoms. The molecule has 1 fully saturated rings. The van der Waals surface area contributed by atoms with Gasteiger partial charge in [-0.05, 0) is 26.7 Å². The molecule has 116 valence electrons. The van der Waals surface area contributed by atoms with Crippen molar-refractivity contribution >= 4 is 11.8 Å². The van der Waals surface area contributed by atoms with Gasteiger partial charge in [-0.2, -0.15) is 0 Å². The average molecular weight is 285 g/mol. The van der Waals surface area contributed by atoms with Crippen molar-refractivity contribution in [1.29, 1.82) is 0 Å². The van der Waals surface area contributed by atoms with Crippen LogP contribution < -0.4 is 5.32 Å². The van der Waals surface area contributed by atoms with Crippen LogP contribution in [0.15, 0.2) is 0 Å². The summed E-state index contributed by atoms with van der Waals surface area (Å²) in [6.45, 7) is 7.13. The molecule has 0 aromatic carbocycles. The van der Waals surface area contributed by atoms with E-state index in [0.717, 1.165) is 19.4 Å². The fraction of sp³-hybridized carbons (Fsp3) is 0.857. The van der Waals surface area contributed by atoms with Crippen LogP contribution in [0.5, 0.6) is 0 Å². The van der Waals surface area contributed by atoms with Gasteiger partial charge in [0.05, 0.1) is 19.2 Å². The van der Waals surface area contributed by atoms with Crippen molar-refractivity contribution in [3.63, 3.8) is 0 Å². The van der Waals surface area contributed by atoms with Crippen molar-refractivity contribution in [3.05, 3.63) is 0 Å². The first-order valence-electron chi connectivity index (χ1n) is 7.42. The molecule has 1 heterocycles. The largest absolute Gasteiger partial charge is 0.377 e. The fourth-order valence-corrected chi connectivity index (χ4v) is 2.25. The Morgan fingerprint density at radius 1 is 1.25 bits per heavy atom. The van der Waals surface area contributed by atoms with Gasteiger partial charge < -0.3 is 19.9 Å². The minimum Gasteiger partial charge on any atom is -0.377 e. The van der Waals surface area contributed by atoms with Crippen molar-refractivity contribution in [3.8, 4) is 0 Å². The van der Waals surface area contributed by atoms with Crippen molar-refractivity contribution < 1.29 is 14.3 Å². The van der Waals surface area contributed by atoms with Crippen LogP contribution in [0.25, 0.3) is 0 Å². The summed E-state index contributed by atoms with van der Waals surface area (Å²) in [6, 6.07) is 0. The van der Waals surface area contributed by atoms with E-state index in [1.165, 1.54) is 4.90 Å². The molecule has 1 aliphatic rings. The second-order valence-corrected chi connectivity index (χ2v) is 5.08. The van der Waals surface area contributed by atoms with E-state index < -0.39 is 0 Å². The van der Waals surface area contributed by atoms with Crippen molar-refractivity contribution in [2.24, 2.45) is 0 Å². The third-order valence-electron chi connectivity index (χ3n) is 3.59. The van der Waals surface area contributed by atoms with Gasteiger partial charge in [0, 0.05) is 33.3 Å². The Balaban J connectivity index is 2.22. The van der Waals surface area contributed by atoms with Crippen LogP contribution in [-0.2, 0) is 14.3 Å². The van der Waals surface area contributed by atoms with Gasteiger partial charge in [-0.25, -0.2) is 0 Å². The first kappa shape index (κ1) is 16.9. The number of hydrogen-bond acceptors (Lipinski definition) is 4. The molecular formula is C14H27N3O3. The Morgan fingerprint density at radius 2 is 1.95 bits per heavy atom. The number of amides is 2. The second kappa shape index (κ2) is 8.92. The Kier molecular flexibility index (Phi) is 7.54. The summed E-state index contributed by atoms with van der Waals surface area (Å²) in [4.78, 5) is 27.0. The molecule has 0 saturated carbocycles. The van der Waals surface area contributed by atoms with E-state index in [1.807, 2.05) is 13.8 Å². The minimum atomic E-state index is -0.0662. The van der Waals surface area contributed by atoms with Crippen LogP contribution in [-0.4, -0.2) is 74.1 Å². The van der Waals surface area contributed by atoms with E-state index in [-0.39, 0.29) is 31.0 Å². The molecule has 20 heavy (non-hydrogen) atoms. The molecule has 0 aliphatic carbocycles. The Morgan fingerprint density at radius 3 is 2.50 bits per heavy atom. The molecule has 6 nitrogen and oxygen atoms in total. The molecule has 1 N–H and O–H groups in total. The lowest BCUT2D eigenvalue weighted by molar-refractivity contribution is -0.138. The normalized spacial score (nSPS) is 18.1. The molecule has 0 aromatic rings. The first-order chi connectivity index (χ1) is 9.58. The monoisotopic (exact) mass is 285 g/mol. The first-order valence-corrected chi connectivity index (χ1v) is 7.42. The van der Waals surface area contributed by atoms with Crippen LogP contribution >= 0.6 is 0 Å². The molecule has 1 rings (SSSR count). The van der Waals surface area contributed by atoms with Crippen LogP contribution in [0.1, 0.15) is 26.7 Å². The van der Waals surface area contributed by atoms with Crippen molar-refractivity contribution in [1.82, 2.24) is 15.1 Å². The fourth-order valence-electron chi connectivity index (χ4n) is 2.25. The summed E-state index contributed by atoms with van der Waals surface area (Å²) in [5.41, 5.74) is 0. The zero-order valence-corrected chi connectivity index (χ0v) is 12.9. The number of nitrogens with zero attached hydrogens (tertiary/aromatic N) is 2. The highest BCUT2D eigenvalue weighted by Gasteiger charge is 2.18. The number of carbonyl (C=O) groups is 2. The van der Waals surface area contributed by atoms with E-state index in [9.17, 15) is 9.59 Å². The van der Waals surface area contributed by atoms with Crippen LogP contribution in [0, 0.1) is 0 Å². The lowest BCUT2D eigenvalue weighted by atomic mass is 10.2. The predicted octanol–water partition coefficient (Wildman–Crippen LogP) is 0.0818. The maximum Gasteiger partial charge on any atom is 0.242 e. The van der Waals surface area contributed by atoms with E-state index in [0.29, 0.717) is 19.6 Å². The summed E-state index contributed by atoms with van der Waals surface area (Å²) in [5.74, 6) is -0.0755. The van der Waals surface area contributed by atoms with Crippen molar-refractivity contribution in [2.45, 2.75) is 32.8 Å². The van der Waals surface area contributed by atoms with E-state index in [4.69, 9.17) is 4.74 Å². The maximum absolute atomic E-state index is 11.9. The second-order valence-electron chi connectivity index (χ2n) is 5.08. The van der Waals surface area contributed by atoms with E-state index >= 15 is 0 Å². The third kappa shape index (κ3) is 5.46. The quantitative estimate of drug-likeness (QED) is 0.686. The highest BCUT2D eigenvalue weighted by molar-refractivity contribution is 5.85. The molecule has 0 radical (unpaired) electrons. The molecule has 0 spiro atoms.